The summed E-state index contributed by atoms with van der Waals surface area (Å²) in [5.41, 5.74) is 1.92. The second kappa shape index (κ2) is 5.19. The molecule has 1 aromatic carbocycles. The Hall–Kier alpha value is -1.55. The molecule has 0 aliphatic rings. The Morgan fingerprint density at radius 2 is 2.29 bits per heavy atom. The van der Waals surface area contributed by atoms with Crippen molar-refractivity contribution in [1.82, 2.24) is 9.97 Å². The average molecular weight is 234 g/mol. The normalized spacial score (nSPS) is 12.9. The zero-order valence-corrected chi connectivity index (χ0v) is 10.2. The van der Waals surface area contributed by atoms with Crippen molar-refractivity contribution < 1.29 is 9.84 Å². The first kappa shape index (κ1) is 11.9. The highest BCUT2D eigenvalue weighted by molar-refractivity contribution is 5.76. The van der Waals surface area contributed by atoms with E-state index >= 15 is 0 Å². The molecular weight excluding hydrogens is 216 g/mol. The molecule has 4 heteroatoms. The van der Waals surface area contributed by atoms with Gasteiger partial charge in [-0.2, -0.15) is 0 Å². The first-order valence-corrected chi connectivity index (χ1v) is 5.98. The maximum Gasteiger partial charge on any atom is 0.121 e. The van der Waals surface area contributed by atoms with Crippen molar-refractivity contribution in [3.63, 3.8) is 0 Å². The SMILES string of the molecule is CCOc1ccc2nc(CCC(C)O)[nH]c2c1. The quantitative estimate of drug-likeness (QED) is 0.834. The molecule has 2 N–H and O–H groups in total. The van der Waals surface area contributed by atoms with Crippen molar-refractivity contribution in [3.8, 4) is 5.75 Å². The number of fused-ring (bicyclic) bond motifs is 1. The van der Waals surface area contributed by atoms with Crippen LogP contribution >= 0.6 is 0 Å². The Balaban J connectivity index is 2.18. The lowest BCUT2D eigenvalue weighted by Gasteiger charge is -2.01. The maximum atomic E-state index is 9.24. The van der Waals surface area contributed by atoms with Crippen LogP contribution in [0.5, 0.6) is 5.75 Å². The third kappa shape index (κ3) is 2.97. The number of nitrogens with zero attached hydrogens (tertiary/aromatic N) is 1. The number of benzene rings is 1. The molecule has 1 heterocycles. The standard InChI is InChI=1S/C13H18N2O2/c1-3-17-10-5-6-11-12(8-10)15-13(14-11)7-4-9(2)16/h5-6,8-9,16H,3-4,7H2,1-2H3,(H,14,15). The number of hydrogen-bond donors (Lipinski definition) is 2. The molecule has 2 aromatic rings. The average Bonchev–Trinajstić information content (AvgIpc) is 2.69. The van der Waals surface area contributed by atoms with Crippen LogP contribution < -0.4 is 4.74 Å². The van der Waals surface area contributed by atoms with Crippen LogP contribution in [0.1, 0.15) is 26.1 Å². The van der Waals surface area contributed by atoms with E-state index in [1.54, 1.807) is 6.92 Å². The number of H-pyrrole nitrogens is 1. The van der Waals surface area contributed by atoms with Crippen molar-refractivity contribution in [3.05, 3.63) is 24.0 Å². The van der Waals surface area contributed by atoms with Gasteiger partial charge < -0.3 is 14.8 Å². The fraction of sp³-hybridized carbons (Fsp3) is 0.462. The minimum atomic E-state index is -0.290. The summed E-state index contributed by atoms with van der Waals surface area (Å²) in [5.74, 6) is 1.76. The van der Waals surface area contributed by atoms with Crippen LogP contribution in [0, 0.1) is 0 Å². The summed E-state index contributed by atoms with van der Waals surface area (Å²) in [7, 11) is 0. The van der Waals surface area contributed by atoms with Crippen LogP contribution in [0.4, 0.5) is 0 Å². The molecule has 1 atom stereocenters. The van der Waals surface area contributed by atoms with Crippen LogP contribution in [0.3, 0.4) is 0 Å². The Morgan fingerprint density at radius 3 is 3.00 bits per heavy atom. The smallest absolute Gasteiger partial charge is 0.121 e. The number of rotatable bonds is 5. The number of aromatic nitrogens is 2. The summed E-state index contributed by atoms with van der Waals surface area (Å²) in [4.78, 5) is 7.71. The first-order valence-electron chi connectivity index (χ1n) is 5.98. The largest absolute Gasteiger partial charge is 0.494 e. The van der Waals surface area contributed by atoms with Gasteiger partial charge in [-0.3, -0.25) is 0 Å². The molecule has 0 saturated carbocycles. The van der Waals surface area contributed by atoms with Gasteiger partial charge >= 0.3 is 0 Å². The van der Waals surface area contributed by atoms with Gasteiger partial charge in [-0.05, 0) is 32.4 Å². The van der Waals surface area contributed by atoms with Crippen molar-refractivity contribution in [2.75, 3.05) is 6.61 Å². The van der Waals surface area contributed by atoms with E-state index in [1.165, 1.54) is 0 Å². The zero-order chi connectivity index (χ0) is 12.3. The van der Waals surface area contributed by atoms with Gasteiger partial charge in [0, 0.05) is 12.5 Å². The summed E-state index contributed by atoms with van der Waals surface area (Å²) in [6.45, 7) is 4.41. The van der Waals surface area contributed by atoms with E-state index in [4.69, 9.17) is 4.74 Å². The van der Waals surface area contributed by atoms with Gasteiger partial charge in [0.2, 0.25) is 0 Å². The van der Waals surface area contributed by atoms with Crippen LogP contribution in [0.15, 0.2) is 18.2 Å². The van der Waals surface area contributed by atoms with Crippen LogP contribution in [0.2, 0.25) is 0 Å². The number of hydrogen-bond acceptors (Lipinski definition) is 3. The molecule has 0 aliphatic heterocycles. The molecule has 0 spiro atoms. The van der Waals surface area contributed by atoms with Gasteiger partial charge in [0.05, 0.1) is 23.7 Å². The van der Waals surface area contributed by atoms with Crippen LogP contribution in [-0.2, 0) is 6.42 Å². The van der Waals surface area contributed by atoms with Crippen molar-refractivity contribution in [2.45, 2.75) is 32.8 Å². The van der Waals surface area contributed by atoms with E-state index < -0.39 is 0 Å². The summed E-state index contributed by atoms with van der Waals surface area (Å²) in [6.07, 6.45) is 1.19. The van der Waals surface area contributed by atoms with Gasteiger partial charge in [0.15, 0.2) is 0 Å². The highest BCUT2D eigenvalue weighted by Crippen LogP contribution is 2.19. The molecular formula is C13H18N2O2. The molecule has 4 nitrogen and oxygen atoms in total. The number of nitrogens with one attached hydrogen (secondary N) is 1. The molecule has 0 fully saturated rings. The zero-order valence-electron chi connectivity index (χ0n) is 10.2. The number of aromatic amines is 1. The van der Waals surface area contributed by atoms with Gasteiger partial charge in [0.1, 0.15) is 11.6 Å². The van der Waals surface area contributed by atoms with Gasteiger partial charge in [-0.1, -0.05) is 0 Å². The Bertz CT molecular complexity index is 491. The molecule has 1 aromatic heterocycles. The molecule has 0 aliphatic carbocycles. The van der Waals surface area contributed by atoms with Gasteiger partial charge in [-0.25, -0.2) is 4.98 Å². The lowest BCUT2D eigenvalue weighted by Crippen LogP contribution is -2.02. The number of imidazole rings is 1. The third-order valence-electron chi connectivity index (χ3n) is 2.61. The Morgan fingerprint density at radius 1 is 1.47 bits per heavy atom. The molecule has 0 amide bonds. The summed E-state index contributed by atoms with van der Waals surface area (Å²) < 4.78 is 5.43. The number of aliphatic hydroxyl groups excluding tert-OH is 1. The predicted molar refractivity (Wildman–Crippen MR) is 67.3 cm³/mol. The van der Waals surface area contributed by atoms with Crippen molar-refractivity contribution in [2.24, 2.45) is 0 Å². The van der Waals surface area contributed by atoms with E-state index in [0.717, 1.165) is 35.4 Å². The van der Waals surface area contributed by atoms with Crippen LogP contribution in [0.25, 0.3) is 11.0 Å². The highest BCUT2D eigenvalue weighted by atomic mass is 16.5. The second-order valence-electron chi connectivity index (χ2n) is 4.18. The molecule has 17 heavy (non-hydrogen) atoms. The fourth-order valence-electron chi connectivity index (χ4n) is 1.76. The van der Waals surface area contributed by atoms with E-state index in [0.29, 0.717) is 6.61 Å². The second-order valence-corrected chi connectivity index (χ2v) is 4.18. The Labute approximate surface area is 101 Å². The van der Waals surface area contributed by atoms with Gasteiger partial charge in [-0.15, -0.1) is 0 Å². The summed E-state index contributed by atoms with van der Waals surface area (Å²) in [5, 5.41) is 9.24. The minimum Gasteiger partial charge on any atom is -0.494 e. The summed E-state index contributed by atoms with van der Waals surface area (Å²) in [6, 6.07) is 5.82. The summed E-state index contributed by atoms with van der Waals surface area (Å²) >= 11 is 0. The first-order chi connectivity index (χ1) is 8.19. The monoisotopic (exact) mass is 234 g/mol. The van der Waals surface area contributed by atoms with Crippen LogP contribution in [-0.4, -0.2) is 27.8 Å². The highest BCUT2D eigenvalue weighted by Gasteiger charge is 2.05. The Kier molecular flexibility index (Phi) is 3.64. The molecule has 0 radical (unpaired) electrons. The van der Waals surface area contributed by atoms with E-state index in [2.05, 4.69) is 9.97 Å². The lowest BCUT2D eigenvalue weighted by molar-refractivity contribution is 0.184. The molecule has 0 bridgehead atoms. The van der Waals surface area contributed by atoms with Crippen molar-refractivity contribution in [1.29, 1.82) is 0 Å². The molecule has 2 rings (SSSR count). The minimum absolute atomic E-state index is 0.290. The van der Waals surface area contributed by atoms with E-state index in [9.17, 15) is 5.11 Å². The lowest BCUT2D eigenvalue weighted by atomic mass is 10.2. The molecule has 1 unspecified atom stereocenters. The predicted octanol–water partition coefficient (Wildman–Crippen LogP) is 2.27. The fourth-order valence-corrected chi connectivity index (χ4v) is 1.76. The number of aliphatic hydroxyl groups is 1. The third-order valence-corrected chi connectivity index (χ3v) is 2.61. The maximum absolute atomic E-state index is 9.24. The topological polar surface area (TPSA) is 58.1 Å². The molecule has 92 valence electrons. The molecule has 0 saturated heterocycles. The van der Waals surface area contributed by atoms with Crippen molar-refractivity contribution >= 4 is 11.0 Å². The van der Waals surface area contributed by atoms with Gasteiger partial charge in [0.25, 0.3) is 0 Å². The van der Waals surface area contributed by atoms with E-state index in [1.807, 2.05) is 25.1 Å². The van der Waals surface area contributed by atoms with E-state index in [-0.39, 0.29) is 6.10 Å². The number of ether oxygens (including phenoxy) is 1. The number of aryl methyl sites for hydroxylation is 1.